The van der Waals surface area contributed by atoms with Crippen LogP contribution in [0.3, 0.4) is 0 Å². The lowest BCUT2D eigenvalue weighted by atomic mass is 9.95. The van der Waals surface area contributed by atoms with Gasteiger partial charge in [0.2, 0.25) is 5.71 Å². The van der Waals surface area contributed by atoms with Crippen molar-refractivity contribution in [3.63, 3.8) is 0 Å². The molecule has 0 aliphatic carbocycles. The highest BCUT2D eigenvalue weighted by atomic mass is 16.3. The first kappa shape index (κ1) is 34.2. The highest BCUT2D eigenvalue weighted by Gasteiger charge is 2.19. The Morgan fingerprint density at radius 3 is 1.84 bits per heavy atom. The second kappa shape index (κ2) is 13.0. The fraction of sp³-hybridized carbons (Fsp3) is 0. The fourth-order valence-electron chi connectivity index (χ4n) is 10.3. The number of aromatic nitrogens is 4. The summed E-state index contributed by atoms with van der Waals surface area (Å²) in [5.41, 5.74) is 13.1. The molecule has 0 bridgehead atoms. The van der Waals surface area contributed by atoms with Gasteiger partial charge in [0.25, 0.3) is 0 Å². The zero-order valence-corrected chi connectivity index (χ0v) is 33.8. The molecule has 4 heterocycles. The summed E-state index contributed by atoms with van der Waals surface area (Å²) in [5, 5.41) is 13.1. The highest BCUT2D eigenvalue weighted by Crippen LogP contribution is 2.41. The molecule has 5 nitrogen and oxygen atoms in total. The molecule has 0 saturated carbocycles. The van der Waals surface area contributed by atoms with E-state index in [4.69, 9.17) is 14.4 Å². The molecule has 0 N–H and O–H groups in total. The molecule has 5 heteroatoms. The van der Waals surface area contributed by atoms with Crippen LogP contribution >= 0.6 is 0 Å². The van der Waals surface area contributed by atoms with Gasteiger partial charge in [0, 0.05) is 38.5 Å². The number of hydrogen-bond donors (Lipinski definition) is 0. The number of para-hydroxylation sites is 3. The number of furan rings is 1. The molecule has 10 aromatic carbocycles. The van der Waals surface area contributed by atoms with Gasteiger partial charge in [-0.15, -0.1) is 0 Å². The van der Waals surface area contributed by atoms with E-state index in [0.29, 0.717) is 5.71 Å². The van der Waals surface area contributed by atoms with E-state index in [1.165, 1.54) is 65.1 Å². The molecular formula is C58H34N4O. The Morgan fingerprint density at radius 2 is 0.968 bits per heavy atom. The molecule has 4 aromatic heterocycles. The lowest BCUT2D eigenvalue weighted by Gasteiger charge is -2.11. The van der Waals surface area contributed by atoms with Gasteiger partial charge in [-0.25, -0.2) is 9.97 Å². The van der Waals surface area contributed by atoms with E-state index < -0.39 is 0 Å². The fourth-order valence-corrected chi connectivity index (χ4v) is 10.3. The van der Waals surface area contributed by atoms with Gasteiger partial charge < -0.3 is 13.6 Å². The summed E-state index contributed by atoms with van der Waals surface area (Å²) in [4.78, 5) is 10.2. The monoisotopic (exact) mass is 802 g/mol. The maximum Gasteiger partial charge on any atom is 0.246 e. The molecule has 0 amide bonds. The summed E-state index contributed by atoms with van der Waals surface area (Å²) in [7, 11) is 0. The molecule has 0 spiro atoms. The Labute approximate surface area is 360 Å². The molecule has 0 aliphatic rings. The van der Waals surface area contributed by atoms with Crippen molar-refractivity contribution >= 4 is 98.1 Å². The van der Waals surface area contributed by atoms with E-state index in [0.717, 1.165) is 61.1 Å². The van der Waals surface area contributed by atoms with Crippen molar-refractivity contribution in [2.75, 3.05) is 0 Å². The van der Waals surface area contributed by atoms with Gasteiger partial charge in [0.1, 0.15) is 11.1 Å². The number of rotatable bonds is 4. The van der Waals surface area contributed by atoms with Crippen LogP contribution in [0.2, 0.25) is 0 Å². The van der Waals surface area contributed by atoms with Crippen LogP contribution < -0.4 is 0 Å². The Balaban J connectivity index is 0.916. The first-order valence-electron chi connectivity index (χ1n) is 21.4. The van der Waals surface area contributed by atoms with E-state index in [-0.39, 0.29) is 0 Å². The van der Waals surface area contributed by atoms with Crippen molar-refractivity contribution in [1.29, 1.82) is 0 Å². The van der Waals surface area contributed by atoms with Crippen molar-refractivity contribution in [2.45, 2.75) is 0 Å². The van der Waals surface area contributed by atoms with E-state index >= 15 is 0 Å². The van der Waals surface area contributed by atoms with Crippen LogP contribution in [0.1, 0.15) is 0 Å². The molecule has 63 heavy (non-hydrogen) atoms. The highest BCUT2D eigenvalue weighted by molar-refractivity contribution is 6.25. The van der Waals surface area contributed by atoms with E-state index in [2.05, 4.69) is 209 Å². The van der Waals surface area contributed by atoms with E-state index in [1.54, 1.807) is 0 Å². The lowest BCUT2D eigenvalue weighted by Crippen LogP contribution is -1.95. The van der Waals surface area contributed by atoms with Crippen LogP contribution in [0.15, 0.2) is 211 Å². The van der Waals surface area contributed by atoms with Crippen LogP contribution in [0.25, 0.3) is 132 Å². The van der Waals surface area contributed by atoms with Crippen molar-refractivity contribution in [2.24, 2.45) is 0 Å². The number of fused-ring (bicyclic) bond motifs is 15. The van der Waals surface area contributed by atoms with Gasteiger partial charge in [0.05, 0.1) is 39.3 Å². The van der Waals surface area contributed by atoms with Crippen molar-refractivity contribution in [1.82, 2.24) is 19.1 Å². The largest absolute Gasteiger partial charge is 0.436 e. The maximum absolute atomic E-state index is 6.35. The SMILES string of the molecule is c1ccc(-n2c3ccccc3c3cc(-c4ccc5c6ccccc6n(-c6cccc(-c7cnc8oc9ccc%10c%11ccc%12ccccc%12c%11ccc%10c9c8n7)c6)c5c4)ccc32)cc1. The first-order valence-corrected chi connectivity index (χ1v) is 21.4. The minimum absolute atomic E-state index is 0.536. The standard InChI is InChI=1S/C58H34N4O/c1-2-13-39(14-3-1)61-52-20-9-7-18-46(52)49-32-36(23-29-53(49)61)37-22-25-47-45-17-6-8-19-51(45)62(54(47)33-37)40-15-10-12-38(31-40)50-34-59-58-57(60-50)56-48-27-26-42-41-16-5-4-11-35(41)21-24-43(42)44(48)28-30-55(56)63-58/h1-34H. The van der Waals surface area contributed by atoms with Crippen LogP contribution in [-0.2, 0) is 0 Å². The summed E-state index contributed by atoms with van der Waals surface area (Å²) < 4.78 is 11.1. The third kappa shape index (κ3) is 4.99. The summed E-state index contributed by atoms with van der Waals surface area (Å²) in [6, 6.07) is 72.2. The summed E-state index contributed by atoms with van der Waals surface area (Å²) in [5.74, 6) is 0. The molecule has 0 radical (unpaired) electrons. The minimum Gasteiger partial charge on any atom is -0.436 e. The molecule has 0 atom stereocenters. The van der Waals surface area contributed by atoms with Crippen LogP contribution in [0.4, 0.5) is 0 Å². The quantitative estimate of drug-likeness (QED) is 0.167. The average Bonchev–Trinajstić information content (AvgIpc) is 4.01. The maximum atomic E-state index is 6.35. The first-order chi connectivity index (χ1) is 31.2. The zero-order valence-electron chi connectivity index (χ0n) is 33.8. The molecule has 0 aliphatic heterocycles. The minimum atomic E-state index is 0.536. The molecule has 292 valence electrons. The summed E-state index contributed by atoms with van der Waals surface area (Å²) >= 11 is 0. The van der Waals surface area contributed by atoms with Crippen molar-refractivity contribution in [3.05, 3.63) is 206 Å². The van der Waals surface area contributed by atoms with Gasteiger partial charge >= 0.3 is 0 Å². The topological polar surface area (TPSA) is 48.8 Å². The van der Waals surface area contributed by atoms with E-state index in [9.17, 15) is 0 Å². The second-order valence-electron chi connectivity index (χ2n) is 16.5. The average molecular weight is 803 g/mol. The smallest absolute Gasteiger partial charge is 0.246 e. The normalized spacial score (nSPS) is 12.1. The number of nitrogens with zero attached hydrogens (tertiary/aromatic N) is 4. The third-order valence-corrected chi connectivity index (χ3v) is 13.2. The summed E-state index contributed by atoms with van der Waals surface area (Å²) in [6.45, 7) is 0. The molecule has 0 unspecified atom stereocenters. The molecule has 14 aromatic rings. The van der Waals surface area contributed by atoms with Crippen molar-refractivity contribution < 1.29 is 4.42 Å². The van der Waals surface area contributed by atoms with Gasteiger partial charge in [-0.2, -0.15) is 0 Å². The Bertz CT molecular complexity index is 4210. The Kier molecular flexibility index (Phi) is 7.05. The van der Waals surface area contributed by atoms with Crippen LogP contribution in [0, 0.1) is 0 Å². The van der Waals surface area contributed by atoms with Gasteiger partial charge in [-0.05, 0) is 104 Å². The predicted octanol–water partition coefficient (Wildman–Crippen LogP) is 15.4. The third-order valence-electron chi connectivity index (χ3n) is 13.2. The van der Waals surface area contributed by atoms with Crippen molar-refractivity contribution in [3.8, 4) is 33.8 Å². The molecule has 0 fully saturated rings. The van der Waals surface area contributed by atoms with Gasteiger partial charge in [-0.3, -0.25) is 0 Å². The zero-order chi connectivity index (χ0) is 41.2. The second-order valence-corrected chi connectivity index (χ2v) is 16.5. The van der Waals surface area contributed by atoms with Gasteiger partial charge in [-0.1, -0.05) is 140 Å². The Hall–Kier alpha value is -8.54. The molecule has 14 rings (SSSR count). The van der Waals surface area contributed by atoms with Gasteiger partial charge in [0.15, 0.2) is 0 Å². The summed E-state index contributed by atoms with van der Waals surface area (Å²) in [6.07, 6.45) is 1.84. The predicted molar refractivity (Wildman–Crippen MR) is 261 cm³/mol. The molecular weight excluding hydrogens is 769 g/mol. The lowest BCUT2D eigenvalue weighted by molar-refractivity contribution is 0.653. The number of benzene rings is 10. The Morgan fingerprint density at radius 1 is 0.365 bits per heavy atom. The van der Waals surface area contributed by atoms with Crippen LogP contribution in [-0.4, -0.2) is 19.1 Å². The number of hydrogen-bond acceptors (Lipinski definition) is 3. The molecule has 0 saturated heterocycles. The van der Waals surface area contributed by atoms with E-state index in [1.807, 2.05) is 6.20 Å². The van der Waals surface area contributed by atoms with Crippen LogP contribution in [0.5, 0.6) is 0 Å².